The molecule has 5 nitrogen and oxygen atoms in total. The van der Waals surface area contributed by atoms with Crippen LogP contribution in [0.1, 0.15) is 13.8 Å². The largest absolute Gasteiger partial charge is 0.379 e. The Hall–Kier alpha value is -0.170. The third-order valence-corrected chi connectivity index (χ3v) is 4.18. The van der Waals surface area contributed by atoms with Gasteiger partial charge in [-0.15, -0.1) is 0 Å². The van der Waals surface area contributed by atoms with Gasteiger partial charge in [-0.25, -0.2) is 8.42 Å². The normalized spacial score (nSPS) is 21.1. The molecule has 1 heterocycles. The highest BCUT2D eigenvalue weighted by atomic mass is 32.2. The highest BCUT2D eigenvalue weighted by Crippen LogP contribution is 2.10. The standard InChI is InChI=1S/C8H18N2O3S/c1-8(2,9)7-14(11,12)10-3-5-13-6-4-10/h3-7,9H2,1-2H3. The van der Waals surface area contributed by atoms with Crippen molar-refractivity contribution in [2.24, 2.45) is 5.73 Å². The summed E-state index contributed by atoms with van der Waals surface area (Å²) in [5.74, 6) is -0.0139. The van der Waals surface area contributed by atoms with Crippen LogP contribution >= 0.6 is 0 Å². The zero-order chi connectivity index (χ0) is 10.8. The Labute approximate surface area is 85.3 Å². The third-order valence-electron chi connectivity index (χ3n) is 1.92. The first-order chi connectivity index (χ1) is 6.31. The van der Waals surface area contributed by atoms with Gasteiger partial charge < -0.3 is 10.5 Å². The maximum atomic E-state index is 11.8. The van der Waals surface area contributed by atoms with Gasteiger partial charge >= 0.3 is 0 Å². The third kappa shape index (κ3) is 3.53. The molecule has 1 saturated heterocycles. The van der Waals surface area contributed by atoms with E-state index in [4.69, 9.17) is 10.5 Å². The van der Waals surface area contributed by atoms with Crippen LogP contribution in [0, 0.1) is 0 Å². The highest BCUT2D eigenvalue weighted by Gasteiger charge is 2.29. The molecule has 2 N–H and O–H groups in total. The topological polar surface area (TPSA) is 72.6 Å². The highest BCUT2D eigenvalue weighted by molar-refractivity contribution is 7.89. The summed E-state index contributed by atoms with van der Waals surface area (Å²) in [4.78, 5) is 0. The molecule has 1 fully saturated rings. The van der Waals surface area contributed by atoms with Crippen molar-refractivity contribution in [1.29, 1.82) is 0 Å². The van der Waals surface area contributed by atoms with E-state index in [1.807, 2.05) is 0 Å². The van der Waals surface area contributed by atoms with Crippen LogP contribution < -0.4 is 5.73 Å². The molecule has 0 atom stereocenters. The van der Waals surface area contributed by atoms with Crippen molar-refractivity contribution in [2.75, 3.05) is 32.1 Å². The number of morpholine rings is 1. The summed E-state index contributed by atoms with van der Waals surface area (Å²) >= 11 is 0. The van der Waals surface area contributed by atoms with Crippen LogP contribution in [0.2, 0.25) is 0 Å². The van der Waals surface area contributed by atoms with Crippen molar-refractivity contribution >= 4 is 10.0 Å². The molecule has 1 aliphatic heterocycles. The first-order valence-corrected chi connectivity index (χ1v) is 6.27. The molecule has 0 amide bonds. The molecule has 0 aromatic carbocycles. The van der Waals surface area contributed by atoms with Crippen molar-refractivity contribution in [3.8, 4) is 0 Å². The molecule has 84 valence electrons. The van der Waals surface area contributed by atoms with Crippen molar-refractivity contribution in [1.82, 2.24) is 4.31 Å². The summed E-state index contributed by atoms with van der Waals surface area (Å²) in [6, 6.07) is 0. The Morgan fingerprint density at radius 2 is 1.86 bits per heavy atom. The second kappa shape index (κ2) is 4.14. The zero-order valence-electron chi connectivity index (χ0n) is 8.69. The van der Waals surface area contributed by atoms with E-state index in [9.17, 15) is 8.42 Å². The summed E-state index contributed by atoms with van der Waals surface area (Å²) < 4.78 is 30.1. The van der Waals surface area contributed by atoms with Crippen LogP contribution in [0.5, 0.6) is 0 Å². The van der Waals surface area contributed by atoms with Gasteiger partial charge in [0, 0.05) is 18.6 Å². The van der Waals surface area contributed by atoms with E-state index < -0.39 is 15.6 Å². The smallest absolute Gasteiger partial charge is 0.216 e. The van der Waals surface area contributed by atoms with Crippen LogP contribution in [0.4, 0.5) is 0 Å². The Morgan fingerprint density at radius 1 is 1.36 bits per heavy atom. The van der Waals surface area contributed by atoms with E-state index in [-0.39, 0.29) is 5.75 Å². The molecule has 0 saturated carbocycles. The average molecular weight is 222 g/mol. The number of nitrogens with two attached hydrogens (primary N) is 1. The quantitative estimate of drug-likeness (QED) is 0.691. The van der Waals surface area contributed by atoms with E-state index >= 15 is 0 Å². The second-order valence-electron chi connectivity index (χ2n) is 4.26. The Morgan fingerprint density at radius 3 is 2.29 bits per heavy atom. The molecule has 0 bridgehead atoms. The summed E-state index contributed by atoms with van der Waals surface area (Å²) in [6.07, 6.45) is 0. The minimum absolute atomic E-state index is 0.0139. The van der Waals surface area contributed by atoms with E-state index in [0.29, 0.717) is 26.3 Å². The van der Waals surface area contributed by atoms with Crippen molar-refractivity contribution in [3.63, 3.8) is 0 Å². The average Bonchev–Trinajstić information content (AvgIpc) is 2.01. The first-order valence-electron chi connectivity index (χ1n) is 4.66. The van der Waals surface area contributed by atoms with Gasteiger partial charge in [-0.05, 0) is 13.8 Å². The number of nitrogens with zero attached hydrogens (tertiary/aromatic N) is 1. The molecule has 0 radical (unpaired) electrons. The van der Waals surface area contributed by atoms with Gasteiger partial charge in [0.25, 0.3) is 0 Å². The summed E-state index contributed by atoms with van der Waals surface area (Å²) in [5, 5.41) is 0. The van der Waals surface area contributed by atoms with Crippen molar-refractivity contribution in [2.45, 2.75) is 19.4 Å². The molecular formula is C8H18N2O3S. The molecule has 0 aromatic heterocycles. The van der Waals surface area contributed by atoms with Crippen LogP contribution in [-0.4, -0.2) is 50.3 Å². The molecule has 14 heavy (non-hydrogen) atoms. The van der Waals surface area contributed by atoms with Crippen LogP contribution in [0.3, 0.4) is 0 Å². The van der Waals surface area contributed by atoms with Crippen molar-refractivity contribution < 1.29 is 13.2 Å². The molecule has 1 aliphatic rings. The Bertz CT molecular complexity index is 275. The Kier molecular flexibility index (Phi) is 3.52. The molecular weight excluding hydrogens is 204 g/mol. The van der Waals surface area contributed by atoms with Crippen LogP contribution in [0.15, 0.2) is 0 Å². The SMILES string of the molecule is CC(C)(N)CS(=O)(=O)N1CCOCC1. The summed E-state index contributed by atoms with van der Waals surface area (Å²) in [5.41, 5.74) is 5.01. The molecule has 0 aromatic rings. The van der Waals surface area contributed by atoms with Gasteiger partial charge in [-0.2, -0.15) is 4.31 Å². The summed E-state index contributed by atoms with van der Waals surface area (Å²) in [6.45, 7) is 5.27. The van der Waals surface area contributed by atoms with Gasteiger partial charge in [0.05, 0.1) is 19.0 Å². The van der Waals surface area contributed by atoms with Gasteiger partial charge in [-0.1, -0.05) is 0 Å². The minimum atomic E-state index is -3.21. The number of ether oxygens (including phenoxy) is 1. The van der Waals surface area contributed by atoms with Crippen LogP contribution in [0.25, 0.3) is 0 Å². The monoisotopic (exact) mass is 222 g/mol. The van der Waals surface area contributed by atoms with E-state index in [1.54, 1.807) is 13.8 Å². The molecule has 0 spiro atoms. The van der Waals surface area contributed by atoms with Gasteiger partial charge in [0.1, 0.15) is 0 Å². The molecule has 0 unspecified atom stereocenters. The second-order valence-corrected chi connectivity index (χ2v) is 6.23. The molecule has 6 heteroatoms. The fourth-order valence-electron chi connectivity index (χ4n) is 1.39. The lowest BCUT2D eigenvalue weighted by molar-refractivity contribution is 0.0728. The lowest BCUT2D eigenvalue weighted by atomic mass is 10.1. The molecule has 0 aliphatic carbocycles. The fraction of sp³-hybridized carbons (Fsp3) is 1.00. The maximum absolute atomic E-state index is 11.8. The number of hydrogen-bond donors (Lipinski definition) is 1. The lowest BCUT2D eigenvalue weighted by Gasteiger charge is -2.29. The van der Waals surface area contributed by atoms with E-state index in [0.717, 1.165) is 0 Å². The van der Waals surface area contributed by atoms with Gasteiger partial charge in [0.15, 0.2) is 0 Å². The van der Waals surface area contributed by atoms with Crippen molar-refractivity contribution in [3.05, 3.63) is 0 Å². The van der Waals surface area contributed by atoms with Gasteiger partial charge in [-0.3, -0.25) is 0 Å². The first kappa shape index (κ1) is 11.9. The minimum Gasteiger partial charge on any atom is -0.379 e. The number of hydrogen-bond acceptors (Lipinski definition) is 4. The summed E-state index contributed by atoms with van der Waals surface area (Å²) in [7, 11) is -3.21. The number of rotatable bonds is 3. The fourth-order valence-corrected chi connectivity index (χ4v) is 3.21. The predicted octanol–water partition coefficient (Wildman–Crippen LogP) is -0.614. The Balaban J connectivity index is 2.64. The van der Waals surface area contributed by atoms with Crippen LogP contribution in [-0.2, 0) is 14.8 Å². The van der Waals surface area contributed by atoms with Gasteiger partial charge in [0.2, 0.25) is 10.0 Å². The molecule has 1 rings (SSSR count). The van der Waals surface area contributed by atoms with E-state index in [2.05, 4.69) is 0 Å². The predicted molar refractivity (Wildman–Crippen MR) is 54.4 cm³/mol. The lowest BCUT2D eigenvalue weighted by Crippen LogP contribution is -2.48. The zero-order valence-corrected chi connectivity index (χ0v) is 9.51. The maximum Gasteiger partial charge on any atom is 0.216 e. The number of sulfonamides is 1. The van der Waals surface area contributed by atoms with E-state index in [1.165, 1.54) is 4.31 Å².